The van der Waals surface area contributed by atoms with E-state index in [1.54, 1.807) is 12.4 Å². The highest BCUT2D eigenvalue weighted by atomic mass is 35.5. The maximum Gasteiger partial charge on any atom is 0.255 e. The van der Waals surface area contributed by atoms with Crippen molar-refractivity contribution in [2.24, 2.45) is 0 Å². The fourth-order valence-corrected chi connectivity index (χ4v) is 5.22. The number of allylic oxidation sites excluding steroid dienone is 1. The van der Waals surface area contributed by atoms with Crippen molar-refractivity contribution in [1.29, 1.82) is 0 Å². The van der Waals surface area contributed by atoms with E-state index < -0.39 is 0 Å². The Morgan fingerprint density at radius 1 is 0.886 bits per heavy atom. The SMILES string of the molecule is O=C(c1c2c(nc3ccccc13)/C(=C/c1ccccc1Cl)CC2)N1CCN(c2ncccn2)CC1. The Morgan fingerprint density at radius 3 is 2.43 bits per heavy atom. The topological polar surface area (TPSA) is 62.2 Å². The van der Waals surface area contributed by atoms with Crippen LogP contribution >= 0.6 is 11.6 Å². The molecule has 1 aliphatic carbocycles. The Kier molecular flexibility index (Phi) is 5.66. The molecule has 1 saturated heterocycles. The van der Waals surface area contributed by atoms with Gasteiger partial charge in [-0.15, -0.1) is 0 Å². The zero-order valence-electron chi connectivity index (χ0n) is 19.2. The summed E-state index contributed by atoms with van der Waals surface area (Å²) in [7, 11) is 0. The number of halogens is 1. The van der Waals surface area contributed by atoms with Crippen molar-refractivity contribution in [3.63, 3.8) is 0 Å². The van der Waals surface area contributed by atoms with Crippen LogP contribution in [0.5, 0.6) is 0 Å². The number of carbonyl (C=O) groups is 1. The normalized spacial score (nSPS) is 16.7. The van der Waals surface area contributed by atoms with Gasteiger partial charge in [-0.25, -0.2) is 15.0 Å². The van der Waals surface area contributed by atoms with Gasteiger partial charge >= 0.3 is 0 Å². The van der Waals surface area contributed by atoms with Crippen LogP contribution in [0.1, 0.15) is 33.6 Å². The third-order valence-corrected chi connectivity index (χ3v) is 7.14. The van der Waals surface area contributed by atoms with Gasteiger partial charge in [-0.1, -0.05) is 48.0 Å². The maximum absolute atomic E-state index is 13.9. The number of pyridine rings is 1. The van der Waals surface area contributed by atoms with Crippen LogP contribution in [0.4, 0.5) is 5.95 Å². The van der Waals surface area contributed by atoms with Crippen molar-refractivity contribution in [3.05, 3.63) is 94.4 Å². The summed E-state index contributed by atoms with van der Waals surface area (Å²) < 4.78 is 0. The van der Waals surface area contributed by atoms with Crippen LogP contribution in [0.15, 0.2) is 67.0 Å². The van der Waals surface area contributed by atoms with E-state index in [1.807, 2.05) is 59.5 Å². The number of benzene rings is 2. The lowest BCUT2D eigenvalue weighted by molar-refractivity contribution is 0.0747. The van der Waals surface area contributed by atoms with Gasteiger partial charge in [0.25, 0.3) is 5.91 Å². The van der Waals surface area contributed by atoms with Gasteiger partial charge in [0, 0.05) is 49.0 Å². The number of rotatable bonds is 3. The van der Waals surface area contributed by atoms with Gasteiger partial charge in [-0.3, -0.25) is 4.79 Å². The van der Waals surface area contributed by atoms with Gasteiger partial charge in [-0.05, 0) is 53.8 Å². The van der Waals surface area contributed by atoms with Crippen molar-refractivity contribution in [1.82, 2.24) is 19.9 Å². The zero-order chi connectivity index (χ0) is 23.8. The van der Waals surface area contributed by atoms with Crippen molar-refractivity contribution in [3.8, 4) is 0 Å². The third-order valence-electron chi connectivity index (χ3n) is 6.79. The van der Waals surface area contributed by atoms with E-state index in [9.17, 15) is 4.79 Å². The number of nitrogens with zero attached hydrogens (tertiary/aromatic N) is 5. The summed E-state index contributed by atoms with van der Waals surface area (Å²) in [6.45, 7) is 2.67. The summed E-state index contributed by atoms with van der Waals surface area (Å²) in [4.78, 5) is 31.7. The van der Waals surface area contributed by atoms with Crippen molar-refractivity contribution in [2.75, 3.05) is 31.1 Å². The van der Waals surface area contributed by atoms with E-state index in [0.717, 1.165) is 51.7 Å². The van der Waals surface area contributed by atoms with Crippen LogP contribution in [0.2, 0.25) is 5.02 Å². The molecule has 3 heterocycles. The Morgan fingerprint density at radius 2 is 1.63 bits per heavy atom. The van der Waals surface area contributed by atoms with Crippen LogP contribution in [0.25, 0.3) is 22.6 Å². The summed E-state index contributed by atoms with van der Waals surface area (Å²) in [5, 5.41) is 1.63. The fourth-order valence-electron chi connectivity index (χ4n) is 5.03. The van der Waals surface area contributed by atoms with E-state index >= 15 is 0 Å². The monoisotopic (exact) mass is 481 g/mol. The molecule has 1 fully saturated rings. The molecule has 6 nitrogen and oxygen atoms in total. The van der Waals surface area contributed by atoms with Gasteiger partial charge in [0.15, 0.2) is 0 Å². The number of carbonyl (C=O) groups excluding carboxylic acids is 1. The molecule has 4 aromatic rings. The molecule has 0 radical (unpaired) electrons. The molecule has 35 heavy (non-hydrogen) atoms. The number of para-hydroxylation sites is 1. The molecule has 2 aromatic heterocycles. The van der Waals surface area contributed by atoms with Crippen molar-refractivity contribution in [2.45, 2.75) is 12.8 Å². The number of fused-ring (bicyclic) bond motifs is 2. The zero-order valence-corrected chi connectivity index (χ0v) is 19.9. The highest BCUT2D eigenvalue weighted by molar-refractivity contribution is 6.32. The Hall–Kier alpha value is -3.77. The highest BCUT2D eigenvalue weighted by Crippen LogP contribution is 2.38. The van der Waals surface area contributed by atoms with E-state index in [-0.39, 0.29) is 5.91 Å². The van der Waals surface area contributed by atoms with Crippen LogP contribution in [-0.2, 0) is 6.42 Å². The summed E-state index contributed by atoms with van der Waals surface area (Å²) in [6.07, 6.45) is 7.24. The molecule has 0 N–H and O–H groups in total. The summed E-state index contributed by atoms with van der Waals surface area (Å²) in [6, 6.07) is 17.6. The first kappa shape index (κ1) is 21.7. The standard InChI is InChI=1S/C28H24ClN5O/c29-23-8-3-1-6-19(23)18-20-10-11-22-25(21-7-2-4-9-24(21)32-26(20)22)27(35)33-14-16-34(17-15-33)28-30-12-5-13-31-28/h1-9,12-13,18H,10-11,14-17H2/b20-18+. The molecular weight excluding hydrogens is 458 g/mol. The van der Waals surface area contributed by atoms with Crippen LogP contribution in [0, 0.1) is 0 Å². The van der Waals surface area contributed by atoms with Gasteiger partial charge < -0.3 is 9.80 Å². The number of amides is 1. The molecule has 0 saturated carbocycles. The lowest BCUT2D eigenvalue weighted by atomic mass is 9.99. The molecule has 1 amide bonds. The second-order valence-electron chi connectivity index (χ2n) is 8.85. The summed E-state index contributed by atoms with van der Waals surface area (Å²) in [5.41, 5.74) is 5.69. The molecule has 2 aromatic carbocycles. The second kappa shape index (κ2) is 9.12. The first-order valence-electron chi connectivity index (χ1n) is 11.9. The largest absolute Gasteiger partial charge is 0.337 e. The molecule has 7 heteroatoms. The minimum atomic E-state index is 0.0764. The molecule has 0 spiro atoms. The van der Waals surface area contributed by atoms with E-state index in [1.165, 1.54) is 0 Å². The lowest BCUT2D eigenvalue weighted by Crippen LogP contribution is -2.49. The second-order valence-corrected chi connectivity index (χ2v) is 9.26. The molecule has 6 rings (SSSR count). The number of hydrogen-bond donors (Lipinski definition) is 0. The van der Waals surface area contributed by atoms with Gasteiger partial charge in [0.05, 0.1) is 16.8 Å². The van der Waals surface area contributed by atoms with Gasteiger partial charge in [0.2, 0.25) is 5.95 Å². The third kappa shape index (κ3) is 4.04. The van der Waals surface area contributed by atoms with Crippen molar-refractivity contribution >= 4 is 46.0 Å². The Bertz CT molecular complexity index is 1440. The van der Waals surface area contributed by atoms with E-state index in [4.69, 9.17) is 16.6 Å². The molecule has 174 valence electrons. The number of piperazine rings is 1. The minimum Gasteiger partial charge on any atom is -0.337 e. The Labute approximate surface area is 208 Å². The van der Waals surface area contributed by atoms with Crippen molar-refractivity contribution < 1.29 is 4.79 Å². The van der Waals surface area contributed by atoms with Gasteiger partial charge in [0.1, 0.15) is 0 Å². The van der Waals surface area contributed by atoms with Crippen LogP contribution in [-0.4, -0.2) is 51.9 Å². The van der Waals surface area contributed by atoms with E-state index in [2.05, 4.69) is 20.9 Å². The highest BCUT2D eigenvalue weighted by Gasteiger charge is 2.31. The fraction of sp³-hybridized carbons (Fsp3) is 0.214. The molecule has 2 aliphatic rings. The average Bonchev–Trinajstić information content (AvgIpc) is 3.30. The number of hydrogen-bond acceptors (Lipinski definition) is 5. The number of anilines is 1. The van der Waals surface area contributed by atoms with Crippen LogP contribution in [0.3, 0.4) is 0 Å². The smallest absolute Gasteiger partial charge is 0.255 e. The minimum absolute atomic E-state index is 0.0764. The molecular formula is C28H24ClN5O. The summed E-state index contributed by atoms with van der Waals surface area (Å²) >= 11 is 6.43. The molecule has 0 unspecified atom stereocenters. The predicted molar refractivity (Wildman–Crippen MR) is 140 cm³/mol. The first-order valence-corrected chi connectivity index (χ1v) is 12.2. The molecule has 0 atom stereocenters. The van der Waals surface area contributed by atoms with Gasteiger partial charge in [-0.2, -0.15) is 0 Å². The quantitative estimate of drug-likeness (QED) is 0.406. The summed E-state index contributed by atoms with van der Waals surface area (Å²) in [5.74, 6) is 0.789. The predicted octanol–water partition coefficient (Wildman–Crippen LogP) is 5.13. The average molecular weight is 482 g/mol. The Balaban J connectivity index is 1.36. The van der Waals surface area contributed by atoms with Crippen LogP contribution < -0.4 is 4.90 Å². The first-order chi connectivity index (χ1) is 17.2. The lowest BCUT2D eigenvalue weighted by Gasteiger charge is -2.35. The number of aromatic nitrogens is 3. The maximum atomic E-state index is 13.9. The molecule has 0 bridgehead atoms. The van der Waals surface area contributed by atoms with E-state index in [0.29, 0.717) is 37.1 Å². The molecule has 1 aliphatic heterocycles.